The highest BCUT2D eigenvalue weighted by Crippen LogP contribution is 2.30. The van der Waals surface area contributed by atoms with Gasteiger partial charge in [0.05, 0.1) is 0 Å². The Morgan fingerprint density at radius 1 is 1.06 bits per heavy atom. The first-order valence-electron chi connectivity index (χ1n) is 6.20. The van der Waals surface area contributed by atoms with E-state index in [0.29, 0.717) is 12.1 Å². The number of nitrogen functional groups attached to an aromatic ring is 1. The van der Waals surface area contributed by atoms with Crippen molar-refractivity contribution in [1.29, 1.82) is 0 Å². The monoisotopic (exact) mass is 260 g/mol. The second-order valence-corrected chi connectivity index (χ2v) is 5.68. The summed E-state index contributed by atoms with van der Waals surface area (Å²) in [5, 5.41) is 2.13. The van der Waals surface area contributed by atoms with E-state index in [1.54, 1.807) is 0 Å². The molecule has 0 saturated carbocycles. The zero-order chi connectivity index (χ0) is 13.1. The Hall–Kier alpha value is -1.32. The van der Waals surface area contributed by atoms with E-state index in [1.807, 2.05) is 23.5 Å². The summed E-state index contributed by atoms with van der Waals surface area (Å²) in [6, 6.07) is 13.3. The summed E-state index contributed by atoms with van der Waals surface area (Å²) in [6.45, 7) is 4.48. The minimum Gasteiger partial charge on any atom is -0.399 e. The number of hydrogen-bond donors (Lipinski definition) is 1. The predicted octanol–water partition coefficient (Wildman–Crippen LogP) is 4.08. The molecule has 0 aliphatic heterocycles. The summed E-state index contributed by atoms with van der Waals surface area (Å²) < 4.78 is 0. The van der Waals surface area contributed by atoms with E-state index in [9.17, 15) is 0 Å². The zero-order valence-corrected chi connectivity index (χ0v) is 11.9. The van der Waals surface area contributed by atoms with Crippen LogP contribution < -0.4 is 5.73 Å². The minimum atomic E-state index is 0.377. The van der Waals surface area contributed by atoms with E-state index in [1.165, 1.54) is 10.4 Å². The average Bonchev–Trinajstić information content (AvgIpc) is 2.91. The smallest absolute Gasteiger partial charge is 0.0416 e. The van der Waals surface area contributed by atoms with Crippen LogP contribution in [0.5, 0.6) is 0 Å². The second kappa shape index (κ2) is 5.55. The number of rotatable bonds is 4. The number of thiophene rings is 1. The summed E-state index contributed by atoms with van der Waals surface area (Å²) >= 11 is 1.81. The van der Waals surface area contributed by atoms with Gasteiger partial charge in [-0.2, -0.15) is 0 Å². The van der Waals surface area contributed by atoms with Crippen LogP contribution in [-0.4, -0.2) is 11.9 Å². The van der Waals surface area contributed by atoms with Crippen molar-refractivity contribution < 1.29 is 0 Å². The van der Waals surface area contributed by atoms with Crippen LogP contribution in [0.2, 0.25) is 0 Å². The first kappa shape index (κ1) is 13.1. The van der Waals surface area contributed by atoms with Gasteiger partial charge in [0, 0.05) is 22.6 Å². The fraction of sp³-hybridized carbons (Fsp3) is 0.333. The van der Waals surface area contributed by atoms with E-state index in [-0.39, 0.29) is 0 Å². The lowest BCUT2D eigenvalue weighted by Gasteiger charge is -2.30. The molecule has 0 aliphatic rings. The molecule has 1 aromatic carbocycles. The Kier molecular flexibility index (Phi) is 4.04. The third kappa shape index (κ3) is 2.74. The third-order valence-corrected chi connectivity index (χ3v) is 4.64. The molecule has 18 heavy (non-hydrogen) atoms. The molecule has 2 aromatic rings. The molecule has 96 valence electrons. The van der Waals surface area contributed by atoms with E-state index in [2.05, 4.69) is 55.4 Å². The minimum absolute atomic E-state index is 0.377. The summed E-state index contributed by atoms with van der Waals surface area (Å²) in [6.07, 6.45) is 0. The summed E-state index contributed by atoms with van der Waals surface area (Å²) in [5.41, 5.74) is 7.85. The molecule has 0 amide bonds. The third-order valence-electron chi connectivity index (χ3n) is 3.60. The molecule has 0 saturated heterocycles. The van der Waals surface area contributed by atoms with Gasteiger partial charge in [0.2, 0.25) is 0 Å². The molecule has 2 nitrogen and oxygen atoms in total. The van der Waals surface area contributed by atoms with Gasteiger partial charge in [0.1, 0.15) is 0 Å². The molecule has 0 bridgehead atoms. The molecule has 1 heterocycles. The van der Waals surface area contributed by atoms with Gasteiger partial charge in [0.15, 0.2) is 0 Å². The quantitative estimate of drug-likeness (QED) is 0.839. The lowest BCUT2D eigenvalue weighted by atomic mass is 10.1. The molecule has 1 aromatic heterocycles. The predicted molar refractivity (Wildman–Crippen MR) is 79.8 cm³/mol. The topological polar surface area (TPSA) is 29.3 Å². The lowest BCUT2D eigenvalue weighted by Crippen LogP contribution is -2.25. The van der Waals surface area contributed by atoms with Crippen molar-refractivity contribution >= 4 is 17.0 Å². The number of anilines is 1. The molecular formula is C15H20N2S. The van der Waals surface area contributed by atoms with Crippen LogP contribution in [-0.2, 0) is 0 Å². The van der Waals surface area contributed by atoms with E-state index >= 15 is 0 Å². The van der Waals surface area contributed by atoms with Crippen LogP contribution in [0, 0.1) is 0 Å². The fourth-order valence-electron chi connectivity index (χ4n) is 2.07. The van der Waals surface area contributed by atoms with Crippen LogP contribution >= 0.6 is 11.3 Å². The van der Waals surface area contributed by atoms with Crippen molar-refractivity contribution in [2.75, 3.05) is 12.8 Å². The Morgan fingerprint density at radius 2 is 1.72 bits per heavy atom. The van der Waals surface area contributed by atoms with Crippen molar-refractivity contribution in [3.8, 4) is 0 Å². The Labute approximate surface area is 113 Å². The Morgan fingerprint density at radius 3 is 2.28 bits per heavy atom. The van der Waals surface area contributed by atoms with Crippen LogP contribution in [0.3, 0.4) is 0 Å². The average molecular weight is 260 g/mol. The van der Waals surface area contributed by atoms with Crippen molar-refractivity contribution in [3.05, 3.63) is 52.2 Å². The first-order valence-corrected chi connectivity index (χ1v) is 7.08. The largest absolute Gasteiger partial charge is 0.399 e. The summed E-state index contributed by atoms with van der Waals surface area (Å²) in [5.74, 6) is 0. The Balaban J connectivity index is 2.13. The van der Waals surface area contributed by atoms with E-state index < -0.39 is 0 Å². The highest BCUT2D eigenvalue weighted by atomic mass is 32.1. The first-order chi connectivity index (χ1) is 8.59. The molecule has 2 atom stereocenters. The van der Waals surface area contributed by atoms with Gasteiger partial charge in [0.25, 0.3) is 0 Å². The van der Waals surface area contributed by atoms with Crippen LogP contribution in [0.1, 0.15) is 36.4 Å². The molecular weight excluding hydrogens is 240 g/mol. The van der Waals surface area contributed by atoms with E-state index in [0.717, 1.165) is 5.69 Å². The maximum atomic E-state index is 5.73. The summed E-state index contributed by atoms with van der Waals surface area (Å²) in [7, 11) is 2.17. The van der Waals surface area contributed by atoms with Crippen LogP contribution in [0.25, 0.3) is 0 Å². The van der Waals surface area contributed by atoms with Gasteiger partial charge in [-0.25, -0.2) is 0 Å². The van der Waals surface area contributed by atoms with Crippen LogP contribution in [0.15, 0.2) is 41.8 Å². The van der Waals surface area contributed by atoms with Crippen molar-refractivity contribution in [3.63, 3.8) is 0 Å². The maximum absolute atomic E-state index is 5.73. The van der Waals surface area contributed by atoms with Crippen molar-refractivity contribution in [1.82, 2.24) is 4.90 Å². The summed E-state index contributed by atoms with van der Waals surface area (Å²) in [4.78, 5) is 3.79. The van der Waals surface area contributed by atoms with E-state index in [4.69, 9.17) is 5.73 Å². The van der Waals surface area contributed by atoms with Gasteiger partial charge >= 0.3 is 0 Å². The number of nitrogens with zero attached hydrogens (tertiary/aromatic N) is 1. The molecule has 2 unspecified atom stereocenters. The normalized spacial score (nSPS) is 14.7. The Bertz CT molecular complexity index is 476. The second-order valence-electron chi connectivity index (χ2n) is 4.70. The molecule has 0 spiro atoms. The molecule has 0 fully saturated rings. The number of hydrogen-bond acceptors (Lipinski definition) is 3. The van der Waals surface area contributed by atoms with Crippen molar-refractivity contribution in [2.24, 2.45) is 0 Å². The maximum Gasteiger partial charge on any atom is 0.0416 e. The molecule has 0 radical (unpaired) electrons. The van der Waals surface area contributed by atoms with Gasteiger partial charge in [-0.1, -0.05) is 18.2 Å². The van der Waals surface area contributed by atoms with Gasteiger partial charge in [-0.15, -0.1) is 11.3 Å². The highest BCUT2D eigenvalue weighted by Gasteiger charge is 2.19. The highest BCUT2D eigenvalue weighted by molar-refractivity contribution is 7.10. The van der Waals surface area contributed by atoms with Crippen LogP contribution in [0.4, 0.5) is 5.69 Å². The molecule has 2 rings (SSSR count). The fourth-order valence-corrected chi connectivity index (χ4v) is 2.91. The lowest BCUT2D eigenvalue weighted by molar-refractivity contribution is 0.201. The molecule has 3 heteroatoms. The zero-order valence-electron chi connectivity index (χ0n) is 11.1. The SMILES string of the molecule is CC(c1ccc(N)cc1)N(C)C(C)c1cccs1. The van der Waals surface area contributed by atoms with Crippen molar-refractivity contribution in [2.45, 2.75) is 25.9 Å². The number of nitrogens with two attached hydrogens (primary N) is 1. The van der Waals surface area contributed by atoms with Gasteiger partial charge in [-0.05, 0) is 50.0 Å². The van der Waals surface area contributed by atoms with Gasteiger partial charge < -0.3 is 5.73 Å². The standard InChI is InChI=1S/C15H20N2S/c1-11(13-6-8-14(16)9-7-13)17(3)12(2)15-5-4-10-18-15/h4-12H,16H2,1-3H3. The molecule has 2 N–H and O–H groups in total. The number of benzene rings is 1. The van der Waals surface area contributed by atoms with Gasteiger partial charge in [-0.3, -0.25) is 4.90 Å². The molecule has 0 aliphatic carbocycles.